The predicted molar refractivity (Wildman–Crippen MR) is 82.4 cm³/mol. The first-order valence-electron chi connectivity index (χ1n) is 6.50. The summed E-state index contributed by atoms with van der Waals surface area (Å²) in [5.41, 5.74) is 6.12. The van der Waals surface area contributed by atoms with Gasteiger partial charge in [0.25, 0.3) is 0 Å². The molecule has 112 valence electrons. The lowest BCUT2D eigenvalue weighted by Gasteiger charge is -2.27. The highest BCUT2D eigenvalue weighted by Crippen LogP contribution is 2.29. The van der Waals surface area contributed by atoms with Crippen LogP contribution in [0.25, 0.3) is 0 Å². The lowest BCUT2D eigenvalue weighted by Crippen LogP contribution is -2.42. The van der Waals surface area contributed by atoms with E-state index in [-0.39, 0.29) is 10.9 Å². The van der Waals surface area contributed by atoms with Crippen LogP contribution < -0.4 is 5.73 Å². The van der Waals surface area contributed by atoms with Crippen molar-refractivity contribution < 1.29 is 13.2 Å². The second-order valence-corrected chi connectivity index (χ2v) is 7.67. The summed E-state index contributed by atoms with van der Waals surface area (Å²) < 4.78 is 32.2. The molecule has 1 fully saturated rings. The minimum absolute atomic E-state index is 0.0276. The summed E-state index contributed by atoms with van der Waals surface area (Å²) in [6, 6.07) is 6.64. The second kappa shape index (κ2) is 6.80. The third-order valence-corrected chi connectivity index (χ3v) is 6.50. The van der Waals surface area contributed by atoms with Crippen molar-refractivity contribution in [3.63, 3.8) is 0 Å². The van der Waals surface area contributed by atoms with E-state index in [2.05, 4.69) is 0 Å². The third kappa shape index (κ3) is 3.28. The Balaban J connectivity index is 2.33. The zero-order valence-electron chi connectivity index (χ0n) is 11.5. The molecule has 7 heteroatoms. The molecule has 1 aromatic carbocycles. The number of thioether (sulfide) groups is 1. The SMILES string of the molecule is COCCN(C1CCSC1)S(=O)(=O)c1ccccc1N. The van der Waals surface area contributed by atoms with Gasteiger partial charge in [-0.3, -0.25) is 0 Å². The van der Waals surface area contributed by atoms with E-state index in [0.717, 1.165) is 17.9 Å². The predicted octanol–water partition coefficient (Wildman–Crippen LogP) is 1.41. The van der Waals surface area contributed by atoms with Crippen molar-refractivity contribution in [3.05, 3.63) is 24.3 Å². The van der Waals surface area contributed by atoms with Crippen LogP contribution in [0.5, 0.6) is 0 Å². The summed E-state index contributed by atoms with van der Waals surface area (Å²) in [5, 5.41) is 0. The van der Waals surface area contributed by atoms with E-state index >= 15 is 0 Å². The summed E-state index contributed by atoms with van der Waals surface area (Å²) in [6.07, 6.45) is 0.875. The Kier molecular flexibility index (Phi) is 5.31. The van der Waals surface area contributed by atoms with E-state index in [1.54, 1.807) is 47.4 Å². The molecule has 1 aliphatic heterocycles. The molecule has 2 rings (SSSR count). The topological polar surface area (TPSA) is 72.6 Å². The van der Waals surface area contributed by atoms with E-state index in [1.807, 2.05) is 0 Å². The largest absolute Gasteiger partial charge is 0.398 e. The smallest absolute Gasteiger partial charge is 0.245 e. The van der Waals surface area contributed by atoms with Crippen molar-refractivity contribution in [1.82, 2.24) is 4.31 Å². The fraction of sp³-hybridized carbons (Fsp3) is 0.538. The Morgan fingerprint density at radius 2 is 2.20 bits per heavy atom. The number of anilines is 1. The van der Waals surface area contributed by atoms with Crippen LogP contribution >= 0.6 is 11.8 Å². The van der Waals surface area contributed by atoms with Crippen molar-refractivity contribution in [2.45, 2.75) is 17.4 Å². The Hall–Kier alpha value is -0.760. The number of hydrogen-bond acceptors (Lipinski definition) is 5. The molecular formula is C13H20N2O3S2. The van der Waals surface area contributed by atoms with Crippen LogP contribution in [-0.2, 0) is 14.8 Å². The number of hydrogen-bond donors (Lipinski definition) is 1. The maximum absolute atomic E-state index is 12.8. The second-order valence-electron chi connectivity index (χ2n) is 4.66. The maximum Gasteiger partial charge on any atom is 0.245 e. The molecule has 0 saturated carbocycles. The van der Waals surface area contributed by atoms with E-state index in [4.69, 9.17) is 10.5 Å². The number of ether oxygens (including phenoxy) is 1. The molecule has 0 amide bonds. The van der Waals surface area contributed by atoms with Crippen molar-refractivity contribution in [2.24, 2.45) is 0 Å². The molecule has 1 aliphatic rings. The van der Waals surface area contributed by atoms with Gasteiger partial charge < -0.3 is 10.5 Å². The highest BCUT2D eigenvalue weighted by atomic mass is 32.2. The number of nitrogens with two attached hydrogens (primary N) is 1. The van der Waals surface area contributed by atoms with E-state index in [1.165, 1.54) is 0 Å². The van der Waals surface area contributed by atoms with Crippen molar-refractivity contribution in [2.75, 3.05) is 37.5 Å². The molecule has 0 bridgehead atoms. The lowest BCUT2D eigenvalue weighted by atomic mass is 10.3. The molecule has 1 atom stereocenters. The van der Waals surface area contributed by atoms with Gasteiger partial charge >= 0.3 is 0 Å². The Bertz CT molecular complexity index is 542. The molecule has 1 unspecified atom stereocenters. The van der Waals surface area contributed by atoms with E-state index < -0.39 is 10.0 Å². The number of para-hydroxylation sites is 1. The molecule has 0 aliphatic carbocycles. The van der Waals surface area contributed by atoms with Crippen LogP contribution in [0.1, 0.15) is 6.42 Å². The first-order chi connectivity index (χ1) is 9.57. The molecule has 0 aromatic heterocycles. The average Bonchev–Trinajstić information content (AvgIpc) is 2.93. The fourth-order valence-corrected chi connectivity index (χ4v) is 5.35. The van der Waals surface area contributed by atoms with Crippen molar-refractivity contribution >= 4 is 27.5 Å². The van der Waals surface area contributed by atoms with Crippen LogP contribution in [0.3, 0.4) is 0 Å². The van der Waals surface area contributed by atoms with Gasteiger partial charge in [0, 0.05) is 25.4 Å². The summed E-state index contributed by atoms with van der Waals surface area (Å²) >= 11 is 1.78. The molecule has 20 heavy (non-hydrogen) atoms. The molecule has 1 aromatic rings. The number of methoxy groups -OCH3 is 1. The monoisotopic (exact) mass is 316 g/mol. The zero-order valence-corrected chi connectivity index (χ0v) is 13.1. The van der Waals surface area contributed by atoms with Gasteiger partial charge in [-0.05, 0) is 24.3 Å². The Morgan fingerprint density at radius 3 is 2.80 bits per heavy atom. The zero-order chi connectivity index (χ0) is 14.6. The normalized spacial score (nSPS) is 19.6. The first kappa shape index (κ1) is 15.6. The highest BCUT2D eigenvalue weighted by Gasteiger charge is 2.34. The van der Waals surface area contributed by atoms with Crippen molar-refractivity contribution in [1.29, 1.82) is 0 Å². The summed E-state index contributed by atoms with van der Waals surface area (Å²) in [6.45, 7) is 0.742. The van der Waals surface area contributed by atoms with Crippen LogP contribution in [0, 0.1) is 0 Å². The highest BCUT2D eigenvalue weighted by molar-refractivity contribution is 7.99. The van der Waals surface area contributed by atoms with Gasteiger partial charge in [0.15, 0.2) is 0 Å². The van der Waals surface area contributed by atoms with E-state index in [0.29, 0.717) is 18.8 Å². The minimum Gasteiger partial charge on any atom is -0.398 e. The molecule has 0 spiro atoms. The van der Waals surface area contributed by atoms with Crippen molar-refractivity contribution in [3.8, 4) is 0 Å². The molecule has 1 saturated heterocycles. The Labute approximate surface area is 124 Å². The quantitative estimate of drug-likeness (QED) is 0.803. The number of benzene rings is 1. The van der Waals surface area contributed by atoms with Crippen LogP contribution in [0.2, 0.25) is 0 Å². The van der Waals surface area contributed by atoms with Crippen LogP contribution in [0.15, 0.2) is 29.2 Å². The van der Waals surface area contributed by atoms with Gasteiger partial charge in [-0.1, -0.05) is 12.1 Å². The number of sulfonamides is 1. The van der Waals surface area contributed by atoms with Gasteiger partial charge in [0.05, 0.1) is 12.3 Å². The number of nitrogens with zero attached hydrogens (tertiary/aromatic N) is 1. The van der Waals surface area contributed by atoms with Crippen LogP contribution in [-0.4, -0.2) is 50.5 Å². The fourth-order valence-electron chi connectivity index (χ4n) is 2.27. The summed E-state index contributed by atoms with van der Waals surface area (Å²) in [5.74, 6) is 1.82. The minimum atomic E-state index is -3.57. The number of rotatable bonds is 6. The van der Waals surface area contributed by atoms with Gasteiger partial charge in [-0.25, -0.2) is 8.42 Å². The van der Waals surface area contributed by atoms with Gasteiger partial charge in [0.2, 0.25) is 10.0 Å². The standard InChI is InChI=1S/C13H20N2O3S2/c1-18-8-7-15(11-6-9-19-10-11)20(16,17)13-5-3-2-4-12(13)14/h2-5,11H,6-10,14H2,1H3. The van der Waals surface area contributed by atoms with E-state index in [9.17, 15) is 8.42 Å². The Morgan fingerprint density at radius 1 is 1.45 bits per heavy atom. The summed E-state index contributed by atoms with van der Waals surface area (Å²) in [4.78, 5) is 0.188. The third-order valence-electron chi connectivity index (χ3n) is 3.33. The van der Waals surface area contributed by atoms with Crippen LogP contribution in [0.4, 0.5) is 5.69 Å². The maximum atomic E-state index is 12.8. The molecule has 1 heterocycles. The summed E-state index contributed by atoms with van der Waals surface area (Å²) in [7, 11) is -2.00. The molecular weight excluding hydrogens is 296 g/mol. The lowest BCUT2D eigenvalue weighted by molar-refractivity contribution is 0.169. The average molecular weight is 316 g/mol. The first-order valence-corrected chi connectivity index (χ1v) is 9.10. The van der Waals surface area contributed by atoms with Gasteiger partial charge in [-0.15, -0.1) is 0 Å². The molecule has 0 radical (unpaired) electrons. The van der Waals surface area contributed by atoms with Gasteiger partial charge in [-0.2, -0.15) is 16.1 Å². The van der Waals surface area contributed by atoms with Gasteiger partial charge in [0.1, 0.15) is 4.90 Å². The molecule has 5 nitrogen and oxygen atoms in total. The molecule has 2 N–H and O–H groups in total. The number of nitrogen functional groups attached to an aromatic ring is 1.